The van der Waals surface area contributed by atoms with Crippen LogP contribution in [0.25, 0.3) is 0 Å². The summed E-state index contributed by atoms with van der Waals surface area (Å²) in [4.78, 5) is 11.8. The molecule has 0 heterocycles. The summed E-state index contributed by atoms with van der Waals surface area (Å²) in [7, 11) is 0. The molecular weight excluding hydrogens is 1070 g/mol. The van der Waals surface area contributed by atoms with E-state index in [0.717, 1.165) is 5.71 Å². The number of rotatable bonds is 2. The van der Waals surface area contributed by atoms with E-state index in [-0.39, 0.29) is 81.7 Å². The Morgan fingerprint density at radius 2 is 1.00 bits per heavy atom. The van der Waals surface area contributed by atoms with Gasteiger partial charge >= 0.3 is 133 Å². The van der Waals surface area contributed by atoms with Crippen LogP contribution >= 0.6 is 0 Å². The number of ketones is 1. The Hall–Kier alpha value is -1.66. The van der Waals surface area contributed by atoms with Crippen LogP contribution in [0.15, 0.2) is 10.2 Å². The molecule has 2 rings (SSSR count). The molecule has 2 aliphatic carbocycles. The summed E-state index contributed by atoms with van der Waals surface area (Å²) in [5.74, 6) is 1.18. The Labute approximate surface area is 271 Å². The molecule has 14 nitrogen and oxygen atoms in total. The molecule has 1 radical (unpaired) electrons. The number of nitrogens with two attached hydrogens (primary N) is 1. The molecule has 211 valence electrons. The fraction of sp³-hybridized carbons (Fsp3) is 0.381. The van der Waals surface area contributed by atoms with Crippen molar-refractivity contribution in [1.29, 1.82) is 0 Å². The minimum Gasteiger partial charge on any atom is 0 e. The van der Waals surface area contributed by atoms with E-state index in [1.807, 2.05) is 6.92 Å². The second kappa shape index (κ2) is 70.7. The SMILES string of the molecule is C/C(=N/N=C(/N)[S-])C1C(=O)CC2C1C2(C)C.[C-]#[O+].[C-]#[O+].[C-]#[O+].[C-]#[O+].[C-]#[O+].[C-]#[O+].[C-]#[O+].[C-]#[O+].[C-]#[O+].[C-]#[O+].[Os+].[Os].[Os]. The smallest absolute Gasteiger partial charge is 0 e. The zero-order valence-electron chi connectivity index (χ0n) is 19.9. The summed E-state index contributed by atoms with van der Waals surface area (Å²) < 4.78 is 75.0. The van der Waals surface area contributed by atoms with Crippen molar-refractivity contribution in [3.63, 3.8) is 0 Å². The van der Waals surface area contributed by atoms with E-state index in [9.17, 15) is 4.79 Å². The van der Waals surface area contributed by atoms with E-state index in [1.165, 1.54) is 0 Å². The van der Waals surface area contributed by atoms with Crippen molar-refractivity contribution >= 4 is 29.3 Å². The topological polar surface area (TPSA) is 267 Å². The maximum absolute atomic E-state index is 11.8. The Morgan fingerprint density at radius 3 is 1.21 bits per heavy atom. The van der Waals surface area contributed by atoms with Crippen LogP contribution in [0.5, 0.6) is 0 Å². The van der Waals surface area contributed by atoms with Crippen LogP contribution in [0.4, 0.5) is 0 Å². The van der Waals surface area contributed by atoms with Gasteiger partial charge in [0.2, 0.25) is 0 Å². The first-order valence-corrected chi connectivity index (χ1v) is 7.88. The zero-order chi connectivity index (χ0) is 32.1. The van der Waals surface area contributed by atoms with Crippen molar-refractivity contribution in [3.05, 3.63) is 66.5 Å². The van der Waals surface area contributed by atoms with Gasteiger partial charge < -0.3 is 18.4 Å². The molecule has 3 unspecified atom stereocenters. The Kier molecular flexibility index (Phi) is 139. The minimum absolute atomic E-state index is 0. The first-order valence-electron chi connectivity index (χ1n) is 7.47. The van der Waals surface area contributed by atoms with Crippen LogP contribution in [0.1, 0.15) is 27.2 Å². The molecule has 3 atom stereocenters. The predicted molar refractivity (Wildman–Crippen MR) is 105 cm³/mol. The molecule has 2 fully saturated rings. The molecule has 2 N–H and O–H groups in total. The summed E-state index contributed by atoms with van der Waals surface area (Å²) in [6.07, 6.45) is 0.683. The van der Waals surface area contributed by atoms with Crippen molar-refractivity contribution in [1.82, 2.24) is 0 Å². The summed E-state index contributed by atoms with van der Waals surface area (Å²) in [6, 6.07) is 0. The van der Waals surface area contributed by atoms with Crippen molar-refractivity contribution in [2.45, 2.75) is 27.2 Å². The Bertz CT molecular complexity index is 723. The van der Waals surface area contributed by atoms with E-state index in [2.05, 4.69) is 103 Å². The normalized spacial score (nSPS) is 15.9. The number of hydrogen-bond donors (Lipinski definition) is 1. The monoisotopic (exact) mass is 1090 g/mol. The molecule has 0 spiro atoms. The van der Waals surface area contributed by atoms with Crippen molar-refractivity contribution in [3.8, 4) is 0 Å². The summed E-state index contributed by atoms with van der Waals surface area (Å²) in [5.41, 5.74) is 6.27. The van der Waals surface area contributed by atoms with Gasteiger partial charge in [0.05, 0.1) is 5.92 Å². The van der Waals surface area contributed by atoms with Gasteiger partial charge in [0.15, 0.2) is 0 Å². The molecule has 0 aliphatic heterocycles. The summed E-state index contributed by atoms with van der Waals surface area (Å²) >= 11 is 4.62. The van der Waals surface area contributed by atoms with Crippen LogP contribution in [0.2, 0.25) is 0 Å². The third kappa shape index (κ3) is 38.6. The third-order valence-electron chi connectivity index (χ3n) is 4.02. The number of fused-ring (bicyclic) bond motifs is 1. The van der Waals surface area contributed by atoms with Gasteiger partial charge in [0.25, 0.3) is 0 Å². The third-order valence-corrected chi connectivity index (χ3v) is 4.10. The molecule has 0 aromatic rings. The van der Waals surface area contributed by atoms with Gasteiger partial charge in [-0.15, -0.1) is 0 Å². The second-order valence-electron chi connectivity index (χ2n) is 5.28. The number of nitrogens with zero attached hydrogens (tertiary/aromatic N) is 2. The van der Waals surface area contributed by atoms with Crippen LogP contribution in [0.3, 0.4) is 0 Å². The number of Topliss-reactive ketones (excluding diaryl/α,β-unsaturated/α-hetero) is 1. The largest absolute Gasteiger partial charge is 1.00 e. The quantitative estimate of drug-likeness (QED) is 0.105. The number of hydrogen-bond acceptors (Lipinski definition) is 4. The Balaban J connectivity index is -0.0000000273. The maximum Gasteiger partial charge on any atom is 1.00 e. The first-order chi connectivity index (χ1) is 17.4. The fourth-order valence-corrected chi connectivity index (χ4v) is 3.11. The zero-order valence-corrected chi connectivity index (χ0v) is 28.3. The van der Waals surface area contributed by atoms with E-state index in [4.69, 9.17) is 52.3 Å². The molecule has 0 aromatic carbocycles. The van der Waals surface area contributed by atoms with Crippen LogP contribution in [-0.4, -0.2) is 16.7 Å². The minimum atomic E-state index is -0.0712. The van der Waals surface area contributed by atoms with Crippen LogP contribution < -0.4 is 5.73 Å². The molecule has 39 heavy (non-hydrogen) atoms. The summed E-state index contributed by atoms with van der Waals surface area (Å²) in [6.45, 7) is 51.3. The average Bonchev–Trinajstić information content (AvgIpc) is 3.30. The molecule has 18 heteroatoms. The van der Waals surface area contributed by atoms with E-state index in [0.29, 0.717) is 18.3 Å². The van der Waals surface area contributed by atoms with Crippen molar-refractivity contribution in [2.75, 3.05) is 0 Å². The van der Waals surface area contributed by atoms with Gasteiger partial charge in [-0.2, -0.15) is 10.2 Å². The first kappa shape index (κ1) is 76.8. The van der Waals surface area contributed by atoms with Gasteiger partial charge in [-0.25, -0.2) is 0 Å². The molecule has 0 bridgehead atoms. The molecular formula is C21H16N3O11Os3S. The molecule has 2 aliphatic rings. The van der Waals surface area contributed by atoms with Gasteiger partial charge in [-0.3, -0.25) is 4.79 Å². The van der Waals surface area contributed by atoms with E-state index in [1.54, 1.807) is 0 Å². The Morgan fingerprint density at radius 1 is 0.744 bits per heavy atom. The predicted octanol–water partition coefficient (Wildman–Crippen LogP) is 0.703. The average molecular weight is 1090 g/mol. The van der Waals surface area contributed by atoms with E-state index < -0.39 is 0 Å². The molecule has 0 aromatic heterocycles. The number of amidine groups is 1. The number of carbonyl (C=O) groups is 1. The standard InChI is InChI=1S/C11H17N3OS.10CO.3Os/c1-5(13-14-10(12)16)8-7(15)4-6-9(8)11(6,2)3;10*1-2;;;/h6,8-9H,4H2,1-3H3,(H3,12,14,16);;;;;;;;;;;;;/q;;;;;;;;;;;;;+1/p-1/b13-5-;;;;;;;;;;;;;. The van der Waals surface area contributed by atoms with Gasteiger partial charge in [0, 0.05) is 51.7 Å². The second-order valence-corrected chi connectivity index (χ2v) is 5.70. The van der Waals surface area contributed by atoms with Gasteiger partial charge in [0.1, 0.15) is 5.78 Å². The van der Waals surface area contributed by atoms with Crippen LogP contribution in [0, 0.1) is 89.7 Å². The van der Waals surface area contributed by atoms with Gasteiger partial charge in [-0.1, -0.05) is 13.8 Å². The van der Waals surface area contributed by atoms with E-state index >= 15 is 0 Å². The molecule has 2 saturated carbocycles. The fourth-order valence-electron chi connectivity index (χ4n) is 3.07. The van der Waals surface area contributed by atoms with Crippen molar-refractivity contribution in [2.24, 2.45) is 39.1 Å². The summed E-state index contributed by atoms with van der Waals surface area (Å²) in [5, 5.41) is 7.61. The number of carbonyl (C=O) groups excluding carboxylic acids is 1. The maximum atomic E-state index is 11.8. The van der Waals surface area contributed by atoms with Crippen molar-refractivity contribution < 1.29 is 111 Å². The van der Waals surface area contributed by atoms with Gasteiger partial charge in [-0.05, 0) is 29.3 Å². The van der Waals surface area contributed by atoms with Crippen LogP contribution in [-0.2, 0) is 123 Å². The molecule has 0 amide bonds. The molecule has 0 saturated heterocycles.